The minimum Gasteiger partial charge on any atom is -0.310 e. The molecule has 1 aromatic carbocycles. The van der Waals surface area contributed by atoms with Crippen molar-refractivity contribution >= 4 is 15.9 Å². The summed E-state index contributed by atoms with van der Waals surface area (Å²) in [7, 11) is 0. The van der Waals surface area contributed by atoms with E-state index in [1.807, 2.05) is 18.3 Å². The lowest BCUT2D eigenvalue weighted by Crippen LogP contribution is -2.17. The van der Waals surface area contributed by atoms with Gasteiger partial charge in [-0.05, 0) is 37.0 Å². The third-order valence-electron chi connectivity index (χ3n) is 3.64. The van der Waals surface area contributed by atoms with E-state index in [1.165, 1.54) is 24.1 Å². The summed E-state index contributed by atoms with van der Waals surface area (Å²) in [6.45, 7) is 5.38. The molecule has 0 saturated heterocycles. The van der Waals surface area contributed by atoms with Crippen molar-refractivity contribution in [2.24, 2.45) is 0 Å². The Balaban J connectivity index is 1.93. The van der Waals surface area contributed by atoms with Crippen molar-refractivity contribution in [3.8, 4) is 5.69 Å². The smallest absolute Gasteiger partial charge is 0.0660 e. The van der Waals surface area contributed by atoms with Crippen molar-refractivity contribution < 1.29 is 0 Å². The number of nitrogens with zero attached hydrogens (tertiary/aromatic N) is 2. The first kappa shape index (κ1) is 13.8. The Kier molecular flexibility index (Phi) is 3.94. The minimum atomic E-state index is 0.451. The number of halogens is 1. The number of benzene rings is 1. The van der Waals surface area contributed by atoms with E-state index in [1.54, 1.807) is 0 Å². The Hall–Kier alpha value is -1.13. The maximum Gasteiger partial charge on any atom is 0.0660 e. The molecule has 0 aliphatic heterocycles. The highest BCUT2D eigenvalue weighted by Crippen LogP contribution is 2.26. The molecule has 0 bridgehead atoms. The van der Waals surface area contributed by atoms with Gasteiger partial charge in [0.25, 0.3) is 0 Å². The number of nitrogens with one attached hydrogen (secondary N) is 1. The average molecular weight is 334 g/mol. The summed E-state index contributed by atoms with van der Waals surface area (Å²) < 4.78 is 3.15. The van der Waals surface area contributed by atoms with Crippen LogP contribution in [0.4, 0.5) is 0 Å². The van der Waals surface area contributed by atoms with E-state index in [4.69, 9.17) is 0 Å². The molecule has 1 aliphatic rings. The van der Waals surface area contributed by atoms with Gasteiger partial charge in [0.1, 0.15) is 0 Å². The zero-order valence-electron chi connectivity index (χ0n) is 11.9. The number of hydrogen-bond acceptors (Lipinski definition) is 2. The largest absolute Gasteiger partial charge is 0.310 e. The molecular formula is C16H20BrN3. The molecule has 2 aromatic rings. The topological polar surface area (TPSA) is 29.9 Å². The van der Waals surface area contributed by atoms with Gasteiger partial charge in [-0.15, -0.1) is 0 Å². The first-order valence-corrected chi connectivity index (χ1v) is 8.00. The highest BCUT2D eigenvalue weighted by molar-refractivity contribution is 9.10. The number of aromatic nitrogens is 2. The van der Waals surface area contributed by atoms with Gasteiger partial charge < -0.3 is 5.32 Å². The van der Waals surface area contributed by atoms with Crippen molar-refractivity contribution in [3.05, 3.63) is 46.2 Å². The summed E-state index contributed by atoms with van der Waals surface area (Å²) in [5.74, 6) is 0.451. The van der Waals surface area contributed by atoms with Crippen LogP contribution in [0.1, 0.15) is 43.9 Å². The lowest BCUT2D eigenvalue weighted by Gasteiger charge is -2.13. The number of hydrogen-bond donors (Lipinski definition) is 1. The van der Waals surface area contributed by atoms with Gasteiger partial charge in [0.15, 0.2) is 0 Å². The van der Waals surface area contributed by atoms with E-state index in [9.17, 15) is 0 Å². The maximum absolute atomic E-state index is 4.60. The predicted octanol–water partition coefficient (Wildman–Crippen LogP) is 4.01. The third-order valence-corrected chi connectivity index (χ3v) is 4.14. The van der Waals surface area contributed by atoms with Gasteiger partial charge >= 0.3 is 0 Å². The Morgan fingerprint density at radius 2 is 2.20 bits per heavy atom. The van der Waals surface area contributed by atoms with Gasteiger partial charge in [0.05, 0.1) is 17.6 Å². The molecule has 20 heavy (non-hydrogen) atoms. The molecule has 0 atom stereocenters. The molecule has 106 valence electrons. The van der Waals surface area contributed by atoms with E-state index in [0.29, 0.717) is 5.92 Å². The standard InChI is InChI=1S/C16H20BrN3/c1-11(2)16-12(9-18-14-6-7-14)10-19-20(16)15-5-3-4-13(17)8-15/h3-5,8,10-11,14,18H,6-7,9H2,1-2H3. The van der Waals surface area contributed by atoms with Crippen molar-refractivity contribution in [1.82, 2.24) is 15.1 Å². The van der Waals surface area contributed by atoms with E-state index in [-0.39, 0.29) is 0 Å². The molecule has 0 radical (unpaired) electrons. The van der Waals surface area contributed by atoms with Gasteiger partial charge in [-0.1, -0.05) is 35.8 Å². The Labute approximate surface area is 128 Å². The molecule has 1 heterocycles. The fourth-order valence-corrected chi connectivity index (χ4v) is 2.89. The van der Waals surface area contributed by atoms with Crippen molar-refractivity contribution in [1.29, 1.82) is 0 Å². The predicted molar refractivity (Wildman–Crippen MR) is 85.2 cm³/mol. The molecule has 1 aliphatic carbocycles. The third kappa shape index (κ3) is 2.96. The van der Waals surface area contributed by atoms with Crippen LogP contribution in [0.15, 0.2) is 34.9 Å². The van der Waals surface area contributed by atoms with Crippen molar-refractivity contribution in [2.45, 2.75) is 45.2 Å². The van der Waals surface area contributed by atoms with Gasteiger partial charge in [0, 0.05) is 22.6 Å². The van der Waals surface area contributed by atoms with Crippen LogP contribution in [0.25, 0.3) is 5.69 Å². The van der Waals surface area contributed by atoms with Gasteiger partial charge in [0.2, 0.25) is 0 Å². The van der Waals surface area contributed by atoms with Crippen LogP contribution in [0.3, 0.4) is 0 Å². The summed E-state index contributed by atoms with van der Waals surface area (Å²) in [4.78, 5) is 0. The molecule has 3 rings (SSSR count). The zero-order valence-corrected chi connectivity index (χ0v) is 13.5. The Bertz CT molecular complexity index is 600. The van der Waals surface area contributed by atoms with Crippen LogP contribution in [0, 0.1) is 0 Å². The van der Waals surface area contributed by atoms with Crippen LogP contribution in [0.2, 0.25) is 0 Å². The van der Waals surface area contributed by atoms with Gasteiger partial charge in [-0.25, -0.2) is 4.68 Å². The average Bonchev–Trinajstić information content (AvgIpc) is 3.14. The van der Waals surface area contributed by atoms with Gasteiger partial charge in [-0.3, -0.25) is 0 Å². The fraction of sp³-hybridized carbons (Fsp3) is 0.438. The van der Waals surface area contributed by atoms with E-state index in [0.717, 1.165) is 22.7 Å². The first-order chi connectivity index (χ1) is 9.65. The summed E-state index contributed by atoms with van der Waals surface area (Å²) in [6, 6.07) is 9.02. The lowest BCUT2D eigenvalue weighted by molar-refractivity contribution is 0.666. The Morgan fingerprint density at radius 1 is 1.40 bits per heavy atom. The van der Waals surface area contributed by atoms with Crippen LogP contribution < -0.4 is 5.32 Å². The van der Waals surface area contributed by atoms with Gasteiger partial charge in [-0.2, -0.15) is 5.10 Å². The van der Waals surface area contributed by atoms with E-state index >= 15 is 0 Å². The monoisotopic (exact) mass is 333 g/mol. The fourth-order valence-electron chi connectivity index (χ4n) is 2.50. The normalized spacial score (nSPS) is 15.0. The second-order valence-electron chi connectivity index (χ2n) is 5.76. The summed E-state index contributed by atoms with van der Waals surface area (Å²) in [5.41, 5.74) is 3.73. The molecule has 3 nitrogen and oxygen atoms in total. The zero-order chi connectivity index (χ0) is 14.1. The molecule has 1 saturated carbocycles. The molecule has 0 spiro atoms. The molecule has 1 fully saturated rings. The SMILES string of the molecule is CC(C)c1c(CNC2CC2)cnn1-c1cccc(Br)c1. The molecule has 1 aromatic heterocycles. The van der Waals surface area contributed by atoms with Crippen molar-refractivity contribution in [3.63, 3.8) is 0 Å². The van der Waals surface area contributed by atoms with Crippen molar-refractivity contribution in [2.75, 3.05) is 0 Å². The van der Waals surface area contributed by atoms with Crippen LogP contribution in [-0.4, -0.2) is 15.8 Å². The summed E-state index contributed by atoms with van der Waals surface area (Å²) in [6.07, 6.45) is 4.64. The highest BCUT2D eigenvalue weighted by atomic mass is 79.9. The molecule has 4 heteroatoms. The summed E-state index contributed by atoms with van der Waals surface area (Å²) in [5, 5.41) is 8.18. The maximum atomic E-state index is 4.60. The van der Waals surface area contributed by atoms with Crippen LogP contribution in [-0.2, 0) is 6.54 Å². The quantitative estimate of drug-likeness (QED) is 0.895. The van der Waals surface area contributed by atoms with E-state index in [2.05, 4.69) is 57.0 Å². The first-order valence-electron chi connectivity index (χ1n) is 7.21. The molecule has 0 unspecified atom stereocenters. The second kappa shape index (κ2) is 5.70. The molecular weight excluding hydrogens is 314 g/mol. The molecule has 0 amide bonds. The Morgan fingerprint density at radius 3 is 2.85 bits per heavy atom. The minimum absolute atomic E-state index is 0.451. The second-order valence-corrected chi connectivity index (χ2v) is 6.67. The lowest BCUT2D eigenvalue weighted by atomic mass is 10.1. The van der Waals surface area contributed by atoms with E-state index < -0.39 is 0 Å². The number of rotatable bonds is 5. The summed E-state index contributed by atoms with van der Waals surface area (Å²) >= 11 is 3.53. The van der Waals surface area contributed by atoms with Crippen LogP contribution in [0.5, 0.6) is 0 Å². The molecule has 1 N–H and O–H groups in total. The highest BCUT2D eigenvalue weighted by Gasteiger charge is 2.22. The van der Waals surface area contributed by atoms with Crippen LogP contribution >= 0.6 is 15.9 Å².